The first-order valence-electron chi connectivity index (χ1n) is 9.71. The monoisotopic (exact) mass is 382 g/mol. The molecule has 0 spiro atoms. The SMILES string of the molecule is Cc1ccc(N2CCc3nnc(C)n3-c3ccc(-c4ccc(N)nc4)cc32)cc1. The molecule has 0 unspecified atom stereocenters. The first-order valence-corrected chi connectivity index (χ1v) is 9.71. The van der Waals surface area contributed by atoms with Gasteiger partial charge in [0, 0.05) is 30.4 Å². The average molecular weight is 382 g/mol. The number of aromatic nitrogens is 4. The predicted octanol–water partition coefficient (Wildman–Crippen LogP) is 4.22. The fourth-order valence-electron chi connectivity index (χ4n) is 3.89. The lowest BCUT2D eigenvalue weighted by Gasteiger charge is -2.26. The number of fused-ring (bicyclic) bond motifs is 3. The van der Waals surface area contributed by atoms with Gasteiger partial charge in [-0.05, 0) is 55.8 Å². The number of benzene rings is 2. The number of hydrogen-bond acceptors (Lipinski definition) is 5. The van der Waals surface area contributed by atoms with E-state index in [9.17, 15) is 0 Å². The third kappa shape index (κ3) is 3.02. The van der Waals surface area contributed by atoms with E-state index in [-0.39, 0.29) is 0 Å². The van der Waals surface area contributed by atoms with E-state index in [1.54, 1.807) is 0 Å². The minimum atomic E-state index is 0.523. The topological polar surface area (TPSA) is 72.9 Å². The number of rotatable bonds is 2. The van der Waals surface area contributed by atoms with Crippen molar-refractivity contribution in [2.75, 3.05) is 17.2 Å². The Morgan fingerprint density at radius 2 is 1.66 bits per heavy atom. The Bertz CT molecular complexity index is 1180. The van der Waals surface area contributed by atoms with Crippen LogP contribution in [0.25, 0.3) is 16.8 Å². The van der Waals surface area contributed by atoms with Crippen LogP contribution in [0, 0.1) is 13.8 Å². The Morgan fingerprint density at radius 1 is 0.862 bits per heavy atom. The van der Waals surface area contributed by atoms with Crippen LogP contribution in [0.4, 0.5) is 17.2 Å². The summed E-state index contributed by atoms with van der Waals surface area (Å²) in [5, 5.41) is 8.72. The zero-order valence-electron chi connectivity index (χ0n) is 16.5. The fraction of sp³-hybridized carbons (Fsp3) is 0.174. The first kappa shape index (κ1) is 17.4. The summed E-state index contributed by atoms with van der Waals surface area (Å²) in [6.45, 7) is 4.94. The number of nitrogens with two attached hydrogens (primary N) is 1. The Hall–Kier alpha value is -3.67. The minimum Gasteiger partial charge on any atom is -0.384 e. The van der Waals surface area contributed by atoms with Gasteiger partial charge in [-0.2, -0.15) is 0 Å². The van der Waals surface area contributed by atoms with Crippen LogP contribution in [0.1, 0.15) is 17.2 Å². The predicted molar refractivity (Wildman–Crippen MR) is 116 cm³/mol. The average Bonchev–Trinajstić information content (AvgIpc) is 3.01. The van der Waals surface area contributed by atoms with E-state index in [2.05, 4.69) is 74.0 Å². The van der Waals surface area contributed by atoms with Gasteiger partial charge < -0.3 is 10.6 Å². The third-order valence-corrected chi connectivity index (χ3v) is 5.42. The highest BCUT2D eigenvalue weighted by atomic mass is 15.3. The van der Waals surface area contributed by atoms with Crippen molar-refractivity contribution in [3.8, 4) is 16.8 Å². The van der Waals surface area contributed by atoms with E-state index in [0.29, 0.717) is 5.82 Å². The molecule has 2 N–H and O–H groups in total. The molecule has 0 saturated heterocycles. The molecule has 2 aromatic heterocycles. The number of anilines is 3. The van der Waals surface area contributed by atoms with Gasteiger partial charge in [-0.25, -0.2) is 4.98 Å². The van der Waals surface area contributed by atoms with Gasteiger partial charge in [-0.1, -0.05) is 23.8 Å². The molecule has 0 bridgehead atoms. The van der Waals surface area contributed by atoms with Crippen molar-refractivity contribution in [2.45, 2.75) is 20.3 Å². The number of pyridine rings is 1. The molecule has 0 saturated carbocycles. The molecule has 1 aliphatic rings. The van der Waals surface area contributed by atoms with Gasteiger partial charge in [0.05, 0.1) is 11.4 Å². The lowest BCUT2D eigenvalue weighted by molar-refractivity contribution is 0.838. The molecule has 2 aromatic carbocycles. The highest BCUT2D eigenvalue weighted by Gasteiger charge is 2.24. The second-order valence-corrected chi connectivity index (χ2v) is 7.41. The molecule has 1 aliphatic heterocycles. The largest absolute Gasteiger partial charge is 0.384 e. The van der Waals surface area contributed by atoms with Crippen molar-refractivity contribution < 1.29 is 0 Å². The summed E-state index contributed by atoms with van der Waals surface area (Å²) in [5.41, 5.74) is 12.5. The Labute approximate surface area is 169 Å². The first-order chi connectivity index (χ1) is 14.1. The Kier molecular flexibility index (Phi) is 4.05. The summed E-state index contributed by atoms with van der Waals surface area (Å²) in [4.78, 5) is 6.61. The molecule has 6 nitrogen and oxygen atoms in total. The number of nitrogens with zero attached hydrogens (tertiary/aromatic N) is 5. The zero-order chi connectivity index (χ0) is 20.0. The van der Waals surface area contributed by atoms with E-state index in [1.165, 1.54) is 11.3 Å². The van der Waals surface area contributed by atoms with Crippen LogP contribution in [0.2, 0.25) is 0 Å². The smallest absolute Gasteiger partial charge is 0.139 e. The number of aryl methyl sites for hydroxylation is 2. The standard InChI is InChI=1S/C23H22N6/c1-15-3-7-19(8-4-15)28-12-11-23-27-26-16(2)29(23)20-9-5-17(13-21(20)28)18-6-10-22(24)25-14-18/h3-10,13-14H,11-12H2,1-2H3,(H2,24,25). The summed E-state index contributed by atoms with van der Waals surface area (Å²) < 4.78 is 2.16. The number of nitrogen functional groups attached to an aromatic ring is 1. The van der Waals surface area contributed by atoms with Gasteiger partial charge in [0.1, 0.15) is 17.5 Å². The molecule has 144 valence electrons. The van der Waals surface area contributed by atoms with E-state index in [1.807, 2.05) is 25.3 Å². The van der Waals surface area contributed by atoms with Gasteiger partial charge in [-0.3, -0.25) is 4.57 Å². The Balaban J connectivity index is 1.71. The van der Waals surface area contributed by atoms with Crippen molar-refractivity contribution in [1.29, 1.82) is 0 Å². The van der Waals surface area contributed by atoms with E-state index >= 15 is 0 Å². The maximum Gasteiger partial charge on any atom is 0.139 e. The summed E-state index contributed by atoms with van der Waals surface area (Å²) in [6, 6.07) is 19.0. The highest BCUT2D eigenvalue weighted by molar-refractivity contribution is 5.79. The lowest BCUT2D eigenvalue weighted by atomic mass is 10.0. The summed E-state index contributed by atoms with van der Waals surface area (Å²) in [7, 11) is 0. The maximum absolute atomic E-state index is 5.77. The highest BCUT2D eigenvalue weighted by Crippen LogP contribution is 2.37. The molecule has 4 aromatic rings. The summed E-state index contributed by atoms with van der Waals surface area (Å²) >= 11 is 0. The van der Waals surface area contributed by atoms with Crippen molar-refractivity contribution in [3.05, 3.63) is 78.0 Å². The van der Waals surface area contributed by atoms with Crippen molar-refractivity contribution in [3.63, 3.8) is 0 Å². The molecule has 0 radical (unpaired) electrons. The molecule has 3 heterocycles. The van der Waals surface area contributed by atoms with Crippen LogP contribution in [-0.4, -0.2) is 26.3 Å². The Morgan fingerprint density at radius 3 is 2.41 bits per heavy atom. The van der Waals surface area contributed by atoms with Crippen molar-refractivity contribution in [1.82, 2.24) is 19.7 Å². The molecule has 0 amide bonds. The molecule has 0 fully saturated rings. The fourth-order valence-corrected chi connectivity index (χ4v) is 3.89. The van der Waals surface area contributed by atoms with Crippen LogP contribution in [0.5, 0.6) is 0 Å². The van der Waals surface area contributed by atoms with Gasteiger partial charge in [0.15, 0.2) is 0 Å². The molecule has 6 heteroatoms. The minimum absolute atomic E-state index is 0.523. The normalized spacial score (nSPS) is 13.0. The van der Waals surface area contributed by atoms with Crippen LogP contribution in [0.3, 0.4) is 0 Å². The van der Waals surface area contributed by atoms with Gasteiger partial charge >= 0.3 is 0 Å². The van der Waals surface area contributed by atoms with Crippen LogP contribution in [0.15, 0.2) is 60.8 Å². The molecular weight excluding hydrogens is 360 g/mol. The second kappa shape index (κ2) is 6.74. The number of hydrogen-bond donors (Lipinski definition) is 1. The second-order valence-electron chi connectivity index (χ2n) is 7.41. The van der Waals surface area contributed by atoms with E-state index in [4.69, 9.17) is 5.73 Å². The lowest BCUT2D eigenvalue weighted by Crippen LogP contribution is -2.19. The van der Waals surface area contributed by atoms with Crippen molar-refractivity contribution in [2.24, 2.45) is 0 Å². The van der Waals surface area contributed by atoms with Gasteiger partial charge in [0.2, 0.25) is 0 Å². The summed E-state index contributed by atoms with van der Waals surface area (Å²) in [5.74, 6) is 2.41. The third-order valence-electron chi connectivity index (χ3n) is 5.42. The summed E-state index contributed by atoms with van der Waals surface area (Å²) in [6.07, 6.45) is 2.64. The molecule has 0 aliphatic carbocycles. The van der Waals surface area contributed by atoms with Gasteiger partial charge in [0.25, 0.3) is 0 Å². The van der Waals surface area contributed by atoms with Crippen LogP contribution < -0.4 is 10.6 Å². The van der Waals surface area contributed by atoms with Gasteiger partial charge in [-0.15, -0.1) is 10.2 Å². The maximum atomic E-state index is 5.77. The molecule has 29 heavy (non-hydrogen) atoms. The van der Waals surface area contributed by atoms with Crippen molar-refractivity contribution >= 4 is 17.2 Å². The molecule has 0 atom stereocenters. The molecule has 5 rings (SSSR count). The van der Waals surface area contributed by atoms with Crippen LogP contribution in [-0.2, 0) is 6.42 Å². The zero-order valence-corrected chi connectivity index (χ0v) is 16.5. The van der Waals surface area contributed by atoms with E-state index in [0.717, 1.165) is 47.1 Å². The van der Waals surface area contributed by atoms with E-state index < -0.39 is 0 Å². The van der Waals surface area contributed by atoms with Crippen LogP contribution >= 0.6 is 0 Å². The molecular formula is C23H22N6. The quantitative estimate of drug-likeness (QED) is 0.562.